The molecule has 4 aromatic rings. The van der Waals surface area contributed by atoms with E-state index in [0.29, 0.717) is 37.7 Å². The predicted molar refractivity (Wildman–Crippen MR) is 157 cm³/mol. The Morgan fingerprint density at radius 1 is 0.698 bits per heavy atom. The van der Waals surface area contributed by atoms with Crippen LogP contribution < -0.4 is 0 Å². The number of alkyl halides is 2. The van der Waals surface area contributed by atoms with Gasteiger partial charge in [0.25, 0.3) is 0 Å². The van der Waals surface area contributed by atoms with Crippen LogP contribution in [0.25, 0.3) is 22.3 Å². The molecule has 0 aromatic heterocycles. The number of halogens is 6. The molecule has 0 aliphatic heterocycles. The van der Waals surface area contributed by atoms with Gasteiger partial charge in [0, 0.05) is 5.56 Å². The largest absolute Gasteiger partial charge is 0.383 e. The van der Waals surface area contributed by atoms with E-state index in [0.717, 1.165) is 35.2 Å². The third kappa shape index (κ3) is 7.21. The van der Waals surface area contributed by atoms with Gasteiger partial charge in [0.1, 0.15) is 5.82 Å². The molecular formula is C36H32F6O. The molecule has 0 heterocycles. The monoisotopic (exact) mass is 594 g/mol. The van der Waals surface area contributed by atoms with Crippen LogP contribution in [0, 0.1) is 23.3 Å². The van der Waals surface area contributed by atoms with Crippen molar-refractivity contribution in [1.82, 2.24) is 0 Å². The van der Waals surface area contributed by atoms with E-state index in [2.05, 4.69) is 0 Å². The van der Waals surface area contributed by atoms with E-state index in [4.69, 9.17) is 4.74 Å². The lowest BCUT2D eigenvalue weighted by Crippen LogP contribution is -2.29. The highest BCUT2D eigenvalue weighted by Crippen LogP contribution is 2.39. The first-order chi connectivity index (χ1) is 20.6. The Morgan fingerprint density at radius 3 is 1.91 bits per heavy atom. The van der Waals surface area contributed by atoms with Crippen LogP contribution in [-0.2, 0) is 17.3 Å². The zero-order valence-corrected chi connectivity index (χ0v) is 23.7. The van der Waals surface area contributed by atoms with Crippen molar-refractivity contribution in [3.05, 3.63) is 131 Å². The fourth-order valence-electron chi connectivity index (χ4n) is 5.60. The second-order valence-corrected chi connectivity index (χ2v) is 11.0. The quantitative estimate of drug-likeness (QED) is 0.106. The molecule has 1 saturated carbocycles. The molecule has 0 amide bonds. The van der Waals surface area contributed by atoms with Gasteiger partial charge in [0.05, 0.1) is 11.7 Å². The van der Waals surface area contributed by atoms with E-state index >= 15 is 0 Å². The van der Waals surface area contributed by atoms with Crippen LogP contribution in [-0.4, -0.2) is 6.10 Å². The zero-order valence-electron chi connectivity index (χ0n) is 23.7. The highest BCUT2D eigenvalue weighted by molar-refractivity contribution is 5.71. The first-order valence-corrected chi connectivity index (χ1v) is 14.5. The van der Waals surface area contributed by atoms with Gasteiger partial charge in [-0.3, -0.25) is 0 Å². The Balaban J connectivity index is 1.18. The van der Waals surface area contributed by atoms with E-state index in [-0.39, 0.29) is 22.6 Å². The first kappa shape index (κ1) is 30.6. The Labute approximate surface area is 247 Å². The van der Waals surface area contributed by atoms with Crippen molar-refractivity contribution in [3.63, 3.8) is 0 Å². The van der Waals surface area contributed by atoms with Crippen LogP contribution >= 0.6 is 0 Å². The maximum atomic E-state index is 14.9. The average Bonchev–Trinajstić information content (AvgIpc) is 3.00. The van der Waals surface area contributed by atoms with Gasteiger partial charge >= 0.3 is 6.11 Å². The van der Waals surface area contributed by atoms with E-state index < -0.39 is 35.5 Å². The molecule has 1 aliphatic rings. The Kier molecular flexibility index (Phi) is 9.40. The smallest absolute Gasteiger partial charge is 0.313 e. The average molecular weight is 595 g/mol. The molecule has 4 aromatic carbocycles. The van der Waals surface area contributed by atoms with Gasteiger partial charge in [0.2, 0.25) is 0 Å². The van der Waals surface area contributed by atoms with E-state index in [1.165, 1.54) is 24.3 Å². The maximum Gasteiger partial charge on any atom is 0.383 e. The van der Waals surface area contributed by atoms with Crippen molar-refractivity contribution >= 4 is 0 Å². The summed E-state index contributed by atoms with van der Waals surface area (Å²) < 4.78 is 90.5. The van der Waals surface area contributed by atoms with Crippen LogP contribution in [0.3, 0.4) is 0 Å². The van der Waals surface area contributed by atoms with Crippen molar-refractivity contribution in [2.24, 2.45) is 0 Å². The van der Waals surface area contributed by atoms with E-state index in [1.807, 2.05) is 43.3 Å². The van der Waals surface area contributed by atoms with Crippen molar-refractivity contribution in [3.8, 4) is 22.3 Å². The second kappa shape index (κ2) is 13.2. The molecule has 0 unspecified atom stereocenters. The molecular weight excluding hydrogens is 562 g/mol. The highest BCUT2D eigenvalue weighted by Gasteiger charge is 2.37. The van der Waals surface area contributed by atoms with Gasteiger partial charge in [-0.2, -0.15) is 8.78 Å². The Hall–Kier alpha value is -3.84. The second-order valence-electron chi connectivity index (χ2n) is 11.0. The van der Waals surface area contributed by atoms with Gasteiger partial charge < -0.3 is 4.74 Å². The number of allylic oxidation sites excluding steroid dienone is 2. The van der Waals surface area contributed by atoms with Crippen molar-refractivity contribution in [1.29, 1.82) is 0 Å². The minimum Gasteiger partial charge on any atom is -0.313 e. The topological polar surface area (TPSA) is 9.23 Å². The van der Waals surface area contributed by atoms with Gasteiger partial charge in [0.15, 0.2) is 17.5 Å². The summed E-state index contributed by atoms with van der Waals surface area (Å²) in [5, 5.41) is 0. The van der Waals surface area contributed by atoms with Gasteiger partial charge in [-0.25, -0.2) is 17.6 Å². The van der Waals surface area contributed by atoms with Crippen LogP contribution in [0.2, 0.25) is 0 Å². The molecule has 0 radical (unpaired) electrons. The minimum absolute atomic E-state index is 0.0421. The van der Waals surface area contributed by atoms with Crippen LogP contribution in [0.5, 0.6) is 0 Å². The molecule has 0 N–H and O–H groups in total. The number of hydrogen-bond donors (Lipinski definition) is 0. The SMILES string of the molecule is CC/C=C\Cc1ccc(C(F)(F)OC2CCC(c3ccc(-c4ccc(-c5cc(F)c(F)c(F)c5)c(F)c4)cc3)CC2)cc1. The standard InChI is InChI=1S/C36H32F6O/c1-2-3-4-5-23-6-15-29(16-7-23)36(41,42)43-30-17-12-25(13-18-30)24-8-10-26(11-9-24)27-14-19-31(32(37)20-27)28-21-33(38)35(40)34(39)22-28/h3-4,6-11,14-16,19-22,25,30H,2,5,12-13,17-18H2,1H3/b4-3-. The number of ether oxygens (including phenoxy) is 1. The van der Waals surface area contributed by atoms with Gasteiger partial charge in [-0.1, -0.05) is 79.7 Å². The predicted octanol–water partition coefficient (Wildman–Crippen LogP) is 10.9. The van der Waals surface area contributed by atoms with Crippen LogP contribution in [0.1, 0.15) is 61.6 Å². The highest BCUT2D eigenvalue weighted by atomic mass is 19.3. The third-order valence-corrected chi connectivity index (χ3v) is 8.01. The van der Waals surface area contributed by atoms with Gasteiger partial charge in [-0.05, 0) is 90.5 Å². The molecule has 0 bridgehead atoms. The Morgan fingerprint density at radius 2 is 1.30 bits per heavy atom. The molecule has 0 atom stereocenters. The molecule has 0 spiro atoms. The van der Waals surface area contributed by atoms with Crippen molar-refractivity contribution in [2.75, 3.05) is 0 Å². The summed E-state index contributed by atoms with van der Waals surface area (Å²) in [5.74, 6) is -4.87. The first-order valence-electron chi connectivity index (χ1n) is 14.5. The Bertz CT molecular complexity index is 1550. The lowest BCUT2D eigenvalue weighted by atomic mass is 9.82. The molecule has 0 saturated heterocycles. The molecule has 1 fully saturated rings. The summed E-state index contributed by atoms with van der Waals surface area (Å²) in [6, 6.07) is 19.7. The van der Waals surface area contributed by atoms with Gasteiger partial charge in [-0.15, -0.1) is 0 Å². The summed E-state index contributed by atoms with van der Waals surface area (Å²) in [5.41, 5.74) is 3.07. The van der Waals surface area contributed by atoms with Crippen LogP contribution in [0.4, 0.5) is 26.3 Å². The summed E-state index contributed by atoms with van der Waals surface area (Å²) in [6.07, 6.45) is 4.25. The molecule has 43 heavy (non-hydrogen) atoms. The molecule has 1 aliphatic carbocycles. The fraction of sp³-hybridized carbons (Fsp3) is 0.278. The normalized spacial score (nSPS) is 17.5. The summed E-state index contributed by atoms with van der Waals surface area (Å²) >= 11 is 0. The molecule has 1 nitrogen and oxygen atoms in total. The van der Waals surface area contributed by atoms with E-state index in [9.17, 15) is 26.3 Å². The summed E-state index contributed by atoms with van der Waals surface area (Å²) in [7, 11) is 0. The fourth-order valence-corrected chi connectivity index (χ4v) is 5.60. The molecule has 7 heteroatoms. The van der Waals surface area contributed by atoms with E-state index in [1.54, 1.807) is 18.2 Å². The number of benzene rings is 4. The molecule has 5 rings (SSSR count). The summed E-state index contributed by atoms with van der Waals surface area (Å²) in [6.45, 7) is 2.04. The lowest BCUT2D eigenvalue weighted by Gasteiger charge is -2.31. The van der Waals surface area contributed by atoms with Crippen molar-refractivity contribution in [2.45, 2.75) is 63.6 Å². The summed E-state index contributed by atoms with van der Waals surface area (Å²) in [4.78, 5) is 0. The van der Waals surface area contributed by atoms with Crippen molar-refractivity contribution < 1.29 is 31.1 Å². The lowest BCUT2D eigenvalue weighted by molar-refractivity contribution is -0.277. The maximum absolute atomic E-state index is 14.9. The van der Waals surface area contributed by atoms with Crippen LogP contribution in [0.15, 0.2) is 91.0 Å². The molecule has 224 valence electrons. The third-order valence-electron chi connectivity index (χ3n) is 8.01. The minimum atomic E-state index is -3.36. The zero-order chi connectivity index (χ0) is 30.6. The number of hydrogen-bond acceptors (Lipinski definition) is 1. The number of rotatable bonds is 9.